The van der Waals surface area contributed by atoms with Gasteiger partial charge >= 0.3 is 0 Å². The Kier molecular flexibility index (Phi) is 4.69. The first-order chi connectivity index (χ1) is 7.47. The third-order valence-electron chi connectivity index (χ3n) is 2.75. The van der Waals surface area contributed by atoms with Crippen LogP contribution in [0.2, 0.25) is 5.02 Å². The summed E-state index contributed by atoms with van der Waals surface area (Å²) in [7, 11) is 1.79. The van der Waals surface area contributed by atoms with Crippen LogP contribution >= 0.6 is 24.2 Å². The third-order valence-corrected chi connectivity index (χ3v) is 3.36. The van der Waals surface area contributed by atoms with Crippen molar-refractivity contribution < 1.29 is 4.79 Å². The van der Waals surface area contributed by atoms with Crippen LogP contribution in [0.25, 0.3) is 0 Å². The molecule has 1 rings (SSSR count). The standard InChI is InChI=1S/C12H16ClNOS/c1-4-8(2)14(3)12(15)10-7-9(16)5-6-11(10)13/h5-8,16H,4H2,1-3H3. The molecule has 1 amide bonds. The van der Waals surface area contributed by atoms with Gasteiger partial charge in [-0.2, -0.15) is 0 Å². The molecule has 2 nitrogen and oxygen atoms in total. The normalized spacial score (nSPS) is 12.3. The van der Waals surface area contributed by atoms with E-state index in [2.05, 4.69) is 12.6 Å². The Labute approximate surface area is 107 Å². The predicted molar refractivity (Wildman–Crippen MR) is 70.6 cm³/mol. The summed E-state index contributed by atoms with van der Waals surface area (Å²) >= 11 is 10.2. The van der Waals surface area contributed by atoms with Crippen LogP contribution in [0, 0.1) is 0 Å². The summed E-state index contributed by atoms with van der Waals surface area (Å²) in [6, 6.07) is 5.37. The minimum absolute atomic E-state index is 0.0600. The fourth-order valence-corrected chi connectivity index (χ4v) is 1.74. The number of hydrogen-bond donors (Lipinski definition) is 1. The van der Waals surface area contributed by atoms with Crippen LogP contribution in [0.5, 0.6) is 0 Å². The Bertz CT molecular complexity index is 395. The fourth-order valence-electron chi connectivity index (χ4n) is 1.34. The highest BCUT2D eigenvalue weighted by Crippen LogP contribution is 2.21. The summed E-state index contributed by atoms with van der Waals surface area (Å²) < 4.78 is 0. The van der Waals surface area contributed by atoms with E-state index in [1.54, 1.807) is 30.1 Å². The van der Waals surface area contributed by atoms with Crippen molar-refractivity contribution in [3.05, 3.63) is 28.8 Å². The summed E-state index contributed by atoms with van der Waals surface area (Å²) in [5.74, 6) is -0.0600. The molecule has 4 heteroatoms. The average Bonchev–Trinajstić information content (AvgIpc) is 2.29. The quantitative estimate of drug-likeness (QED) is 0.822. The van der Waals surface area contributed by atoms with Gasteiger partial charge in [0.05, 0.1) is 10.6 Å². The molecule has 0 fully saturated rings. The molecule has 0 aliphatic rings. The highest BCUT2D eigenvalue weighted by atomic mass is 35.5. The van der Waals surface area contributed by atoms with Crippen molar-refractivity contribution in [2.45, 2.75) is 31.2 Å². The lowest BCUT2D eigenvalue weighted by atomic mass is 10.1. The van der Waals surface area contributed by atoms with Crippen LogP contribution in [0.1, 0.15) is 30.6 Å². The number of thiol groups is 1. The molecule has 0 aromatic heterocycles. The van der Waals surface area contributed by atoms with E-state index in [4.69, 9.17) is 11.6 Å². The van der Waals surface area contributed by atoms with Crippen molar-refractivity contribution in [1.29, 1.82) is 0 Å². The Morgan fingerprint density at radius 2 is 2.19 bits per heavy atom. The number of rotatable bonds is 3. The molecule has 0 saturated heterocycles. The Morgan fingerprint density at radius 1 is 1.56 bits per heavy atom. The summed E-state index contributed by atoms with van der Waals surface area (Å²) in [6.45, 7) is 4.06. The van der Waals surface area contributed by atoms with E-state index in [0.29, 0.717) is 10.6 Å². The summed E-state index contributed by atoms with van der Waals surface area (Å²) in [6.07, 6.45) is 0.917. The van der Waals surface area contributed by atoms with Gasteiger partial charge in [0, 0.05) is 18.0 Å². The largest absolute Gasteiger partial charge is 0.339 e. The van der Waals surface area contributed by atoms with E-state index < -0.39 is 0 Å². The minimum atomic E-state index is -0.0600. The molecule has 0 bridgehead atoms. The molecule has 0 heterocycles. The second-order valence-electron chi connectivity index (χ2n) is 3.84. The minimum Gasteiger partial charge on any atom is -0.339 e. The van der Waals surface area contributed by atoms with Crippen LogP contribution < -0.4 is 0 Å². The molecule has 0 spiro atoms. The first-order valence-corrected chi connectivity index (χ1v) is 6.05. The predicted octanol–water partition coefficient (Wildman–Crippen LogP) is 3.50. The lowest BCUT2D eigenvalue weighted by Gasteiger charge is -2.24. The number of amides is 1. The molecule has 1 aromatic rings. The maximum Gasteiger partial charge on any atom is 0.255 e. The molecular weight excluding hydrogens is 242 g/mol. The zero-order valence-corrected chi connectivity index (χ0v) is 11.3. The van der Waals surface area contributed by atoms with E-state index in [9.17, 15) is 4.79 Å². The number of benzene rings is 1. The lowest BCUT2D eigenvalue weighted by molar-refractivity contribution is 0.0740. The van der Waals surface area contributed by atoms with Crippen molar-refractivity contribution in [2.24, 2.45) is 0 Å². The second-order valence-corrected chi connectivity index (χ2v) is 4.76. The van der Waals surface area contributed by atoms with Gasteiger partial charge in [-0.1, -0.05) is 18.5 Å². The van der Waals surface area contributed by atoms with Gasteiger partial charge in [-0.05, 0) is 31.5 Å². The number of carbonyl (C=O) groups is 1. The molecule has 0 aliphatic carbocycles. The smallest absolute Gasteiger partial charge is 0.255 e. The first-order valence-electron chi connectivity index (χ1n) is 5.23. The van der Waals surface area contributed by atoms with Gasteiger partial charge in [-0.3, -0.25) is 4.79 Å². The number of halogens is 1. The van der Waals surface area contributed by atoms with Gasteiger partial charge in [-0.25, -0.2) is 0 Å². The van der Waals surface area contributed by atoms with Gasteiger partial charge in [0.2, 0.25) is 0 Å². The van der Waals surface area contributed by atoms with Gasteiger partial charge in [0.25, 0.3) is 5.91 Å². The molecular formula is C12H16ClNOS. The van der Waals surface area contributed by atoms with E-state index >= 15 is 0 Å². The van der Waals surface area contributed by atoms with Gasteiger partial charge < -0.3 is 4.90 Å². The Balaban J connectivity index is 3.00. The first kappa shape index (κ1) is 13.4. The summed E-state index contributed by atoms with van der Waals surface area (Å²) in [5.41, 5.74) is 0.511. The molecule has 0 saturated carbocycles. The van der Waals surface area contributed by atoms with E-state index in [-0.39, 0.29) is 11.9 Å². The monoisotopic (exact) mass is 257 g/mol. The van der Waals surface area contributed by atoms with Crippen molar-refractivity contribution in [1.82, 2.24) is 4.90 Å². The summed E-state index contributed by atoms with van der Waals surface area (Å²) in [4.78, 5) is 14.6. The molecule has 1 aromatic carbocycles. The number of hydrogen-bond acceptors (Lipinski definition) is 2. The highest BCUT2D eigenvalue weighted by molar-refractivity contribution is 7.80. The Morgan fingerprint density at radius 3 is 2.75 bits per heavy atom. The maximum atomic E-state index is 12.1. The zero-order chi connectivity index (χ0) is 12.3. The van der Waals surface area contributed by atoms with Crippen LogP contribution in [-0.2, 0) is 0 Å². The van der Waals surface area contributed by atoms with Crippen LogP contribution in [0.15, 0.2) is 23.1 Å². The van der Waals surface area contributed by atoms with E-state index in [1.165, 1.54) is 0 Å². The van der Waals surface area contributed by atoms with Crippen LogP contribution in [-0.4, -0.2) is 23.9 Å². The SMILES string of the molecule is CCC(C)N(C)C(=O)c1cc(S)ccc1Cl. The van der Waals surface area contributed by atoms with Crippen molar-refractivity contribution >= 4 is 30.1 Å². The van der Waals surface area contributed by atoms with E-state index in [1.807, 2.05) is 13.8 Å². The zero-order valence-electron chi connectivity index (χ0n) is 9.70. The van der Waals surface area contributed by atoms with Crippen molar-refractivity contribution in [2.75, 3.05) is 7.05 Å². The van der Waals surface area contributed by atoms with Crippen LogP contribution in [0.3, 0.4) is 0 Å². The maximum absolute atomic E-state index is 12.1. The molecule has 1 atom stereocenters. The van der Waals surface area contributed by atoms with E-state index in [0.717, 1.165) is 11.3 Å². The van der Waals surface area contributed by atoms with Crippen molar-refractivity contribution in [3.8, 4) is 0 Å². The van der Waals surface area contributed by atoms with Gasteiger partial charge in [-0.15, -0.1) is 12.6 Å². The second kappa shape index (κ2) is 5.60. The third kappa shape index (κ3) is 2.92. The molecule has 1 unspecified atom stereocenters. The average molecular weight is 258 g/mol. The molecule has 0 radical (unpaired) electrons. The fraction of sp³-hybridized carbons (Fsp3) is 0.417. The lowest BCUT2D eigenvalue weighted by Crippen LogP contribution is -2.34. The summed E-state index contributed by atoms with van der Waals surface area (Å²) in [5, 5.41) is 0.470. The Hall–Kier alpha value is -0.670. The van der Waals surface area contributed by atoms with Crippen LogP contribution in [0.4, 0.5) is 0 Å². The molecule has 0 aliphatic heterocycles. The molecule has 16 heavy (non-hydrogen) atoms. The molecule has 0 N–H and O–H groups in total. The van der Waals surface area contributed by atoms with Gasteiger partial charge in [0.1, 0.15) is 0 Å². The van der Waals surface area contributed by atoms with Crippen molar-refractivity contribution in [3.63, 3.8) is 0 Å². The number of nitrogens with zero attached hydrogens (tertiary/aromatic N) is 1. The topological polar surface area (TPSA) is 20.3 Å². The molecule has 88 valence electrons. The van der Waals surface area contributed by atoms with Gasteiger partial charge in [0.15, 0.2) is 0 Å². The highest BCUT2D eigenvalue weighted by Gasteiger charge is 2.18. The number of carbonyl (C=O) groups excluding carboxylic acids is 1.